The van der Waals surface area contributed by atoms with E-state index in [-0.39, 0.29) is 0 Å². The molecule has 188 valence electrons. The minimum Gasteiger partial charge on any atom is -0.436 e. The molecule has 8 aromatic rings. The van der Waals surface area contributed by atoms with Crippen LogP contribution in [0.3, 0.4) is 0 Å². The molecule has 4 aromatic heterocycles. The molecule has 40 heavy (non-hydrogen) atoms. The highest BCUT2D eigenvalue weighted by atomic mass is 16.3. The Hall–Kier alpha value is -5.55. The lowest BCUT2D eigenvalue weighted by Crippen LogP contribution is -1.95. The molecule has 4 aromatic carbocycles. The molecule has 0 aliphatic rings. The van der Waals surface area contributed by atoms with Crippen molar-refractivity contribution in [3.8, 4) is 39.5 Å². The van der Waals surface area contributed by atoms with E-state index in [0.717, 1.165) is 61.2 Å². The van der Waals surface area contributed by atoms with Gasteiger partial charge in [-0.05, 0) is 77.9 Å². The van der Waals surface area contributed by atoms with E-state index in [1.807, 2.05) is 73.2 Å². The van der Waals surface area contributed by atoms with Crippen LogP contribution in [0.4, 0.5) is 0 Å². The Morgan fingerprint density at radius 1 is 0.575 bits per heavy atom. The molecule has 0 aliphatic heterocycles. The summed E-state index contributed by atoms with van der Waals surface area (Å²) >= 11 is 0. The Morgan fingerprint density at radius 2 is 1.43 bits per heavy atom. The second-order valence-corrected chi connectivity index (χ2v) is 9.76. The lowest BCUT2D eigenvalue weighted by molar-refractivity contribution is 0.620. The second kappa shape index (κ2) is 9.03. The van der Waals surface area contributed by atoms with Crippen molar-refractivity contribution < 1.29 is 4.42 Å². The van der Waals surface area contributed by atoms with E-state index < -0.39 is 0 Å². The highest BCUT2D eigenvalue weighted by Gasteiger charge is 2.20. The minimum atomic E-state index is 0.592. The van der Waals surface area contributed by atoms with E-state index in [2.05, 4.69) is 75.2 Å². The number of fused-ring (bicyclic) bond motifs is 4. The summed E-state index contributed by atoms with van der Waals surface area (Å²) in [6, 6.07) is 39.5. The van der Waals surface area contributed by atoms with Crippen molar-refractivity contribution >= 4 is 32.9 Å². The van der Waals surface area contributed by atoms with Crippen molar-refractivity contribution in [1.82, 2.24) is 19.5 Å². The van der Waals surface area contributed by atoms with Crippen LogP contribution >= 0.6 is 0 Å². The van der Waals surface area contributed by atoms with E-state index in [0.29, 0.717) is 5.89 Å². The number of para-hydroxylation sites is 3. The molecule has 0 atom stereocenters. The number of hydrogen-bond donors (Lipinski definition) is 0. The van der Waals surface area contributed by atoms with Crippen molar-refractivity contribution in [2.45, 2.75) is 0 Å². The van der Waals surface area contributed by atoms with Crippen molar-refractivity contribution in [3.63, 3.8) is 0 Å². The first-order valence-corrected chi connectivity index (χ1v) is 13.2. The quantitative estimate of drug-likeness (QED) is 0.236. The van der Waals surface area contributed by atoms with Gasteiger partial charge in [-0.15, -0.1) is 0 Å². The predicted molar refractivity (Wildman–Crippen MR) is 160 cm³/mol. The maximum atomic E-state index is 6.32. The maximum absolute atomic E-state index is 6.32. The third-order valence-corrected chi connectivity index (χ3v) is 7.39. The van der Waals surface area contributed by atoms with Crippen LogP contribution in [0.2, 0.25) is 0 Å². The number of hydrogen-bond acceptors (Lipinski definition) is 4. The van der Waals surface area contributed by atoms with Crippen LogP contribution in [0.1, 0.15) is 0 Å². The molecule has 0 amide bonds. The first kappa shape index (κ1) is 22.4. The minimum absolute atomic E-state index is 0.592. The fraction of sp³-hybridized carbons (Fsp3) is 0. The van der Waals surface area contributed by atoms with E-state index in [9.17, 15) is 0 Å². The standard InChI is InChI=1S/C35H22N4O/c1-3-13-32-26(10-1)28-21-27(23-15-18-36-19-16-23)29(35-38-31-12-2-4-14-34(31)40-35)22-33(28)39(32)25-9-7-8-24(20-25)30-11-5-6-17-37-30/h1-22H. The molecule has 0 aliphatic carbocycles. The third-order valence-electron chi connectivity index (χ3n) is 7.39. The van der Waals surface area contributed by atoms with Crippen LogP contribution in [0.5, 0.6) is 0 Å². The van der Waals surface area contributed by atoms with Crippen LogP contribution in [-0.2, 0) is 0 Å². The molecule has 0 saturated heterocycles. The first-order valence-electron chi connectivity index (χ1n) is 13.2. The van der Waals surface area contributed by atoms with Crippen molar-refractivity contribution in [3.05, 3.63) is 134 Å². The number of nitrogens with zero attached hydrogens (tertiary/aromatic N) is 4. The van der Waals surface area contributed by atoms with Crippen LogP contribution in [0.15, 0.2) is 138 Å². The van der Waals surface area contributed by atoms with Gasteiger partial charge in [0.2, 0.25) is 5.89 Å². The normalized spacial score (nSPS) is 11.5. The Kier molecular flexibility index (Phi) is 5.07. The molecular formula is C35H22N4O. The Balaban J connectivity index is 1.45. The number of pyridine rings is 2. The van der Waals surface area contributed by atoms with Crippen molar-refractivity contribution in [2.75, 3.05) is 0 Å². The SMILES string of the molecule is c1ccc(-c2cccc(-n3c4ccccc4c4cc(-c5ccncc5)c(-c5nc6ccccc6o5)cc43)c2)nc1. The lowest BCUT2D eigenvalue weighted by atomic mass is 9.97. The highest BCUT2D eigenvalue weighted by molar-refractivity contribution is 6.12. The fourth-order valence-corrected chi connectivity index (χ4v) is 5.57. The number of benzene rings is 4. The molecule has 5 heteroatoms. The Morgan fingerprint density at radius 3 is 2.30 bits per heavy atom. The van der Waals surface area contributed by atoms with Gasteiger partial charge < -0.3 is 8.98 Å². The Bertz CT molecular complexity index is 2130. The second-order valence-electron chi connectivity index (χ2n) is 9.76. The summed E-state index contributed by atoms with van der Waals surface area (Å²) in [7, 11) is 0. The van der Waals surface area contributed by atoms with E-state index >= 15 is 0 Å². The molecule has 0 saturated carbocycles. The molecule has 0 N–H and O–H groups in total. The van der Waals surface area contributed by atoms with Crippen molar-refractivity contribution in [2.24, 2.45) is 0 Å². The zero-order valence-corrected chi connectivity index (χ0v) is 21.4. The molecule has 0 radical (unpaired) electrons. The molecule has 5 nitrogen and oxygen atoms in total. The average molecular weight is 515 g/mol. The summed E-state index contributed by atoms with van der Waals surface area (Å²) in [4.78, 5) is 13.7. The molecule has 8 rings (SSSR count). The number of oxazole rings is 1. The zero-order valence-electron chi connectivity index (χ0n) is 21.4. The summed E-state index contributed by atoms with van der Waals surface area (Å²) in [6.07, 6.45) is 5.47. The van der Waals surface area contributed by atoms with Gasteiger partial charge in [-0.25, -0.2) is 4.98 Å². The van der Waals surface area contributed by atoms with Gasteiger partial charge in [0.1, 0.15) is 5.52 Å². The molecule has 0 spiro atoms. The van der Waals surface area contributed by atoms with Crippen LogP contribution in [0.25, 0.3) is 72.4 Å². The first-order chi connectivity index (χ1) is 19.8. The molecular weight excluding hydrogens is 492 g/mol. The zero-order chi connectivity index (χ0) is 26.5. The van der Waals surface area contributed by atoms with Crippen LogP contribution < -0.4 is 0 Å². The summed E-state index contributed by atoms with van der Waals surface area (Å²) < 4.78 is 8.64. The van der Waals surface area contributed by atoms with Crippen LogP contribution in [0, 0.1) is 0 Å². The van der Waals surface area contributed by atoms with Gasteiger partial charge in [0.25, 0.3) is 0 Å². The molecule has 0 unspecified atom stereocenters. The summed E-state index contributed by atoms with van der Waals surface area (Å²) in [5.41, 5.74) is 9.92. The van der Waals surface area contributed by atoms with Gasteiger partial charge in [-0.1, -0.05) is 48.5 Å². The molecule has 4 heterocycles. The van der Waals surface area contributed by atoms with Gasteiger partial charge in [0, 0.05) is 46.2 Å². The van der Waals surface area contributed by atoms with Gasteiger partial charge >= 0.3 is 0 Å². The van der Waals surface area contributed by atoms with E-state index in [1.54, 1.807) is 0 Å². The monoisotopic (exact) mass is 514 g/mol. The largest absolute Gasteiger partial charge is 0.436 e. The summed E-state index contributed by atoms with van der Waals surface area (Å²) in [5.74, 6) is 0.592. The van der Waals surface area contributed by atoms with Gasteiger partial charge in [-0.2, -0.15) is 0 Å². The fourth-order valence-electron chi connectivity index (χ4n) is 5.57. The smallest absolute Gasteiger partial charge is 0.228 e. The average Bonchev–Trinajstić information content (AvgIpc) is 3.60. The molecule has 0 bridgehead atoms. The van der Waals surface area contributed by atoms with Crippen LogP contribution in [-0.4, -0.2) is 19.5 Å². The number of rotatable bonds is 4. The topological polar surface area (TPSA) is 56.7 Å². The van der Waals surface area contributed by atoms with Gasteiger partial charge in [0.05, 0.1) is 16.7 Å². The van der Waals surface area contributed by atoms with Gasteiger partial charge in [0.15, 0.2) is 5.58 Å². The third kappa shape index (κ3) is 3.60. The lowest BCUT2D eigenvalue weighted by Gasteiger charge is -2.12. The predicted octanol–water partition coefficient (Wildman–Crippen LogP) is 8.72. The van der Waals surface area contributed by atoms with E-state index in [1.165, 1.54) is 5.39 Å². The number of aromatic nitrogens is 4. The molecule has 0 fully saturated rings. The van der Waals surface area contributed by atoms with Gasteiger partial charge in [-0.3, -0.25) is 9.97 Å². The highest BCUT2D eigenvalue weighted by Crippen LogP contribution is 2.41. The summed E-state index contributed by atoms with van der Waals surface area (Å²) in [5, 5.41) is 2.34. The Labute approximate surface area is 230 Å². The summed E-state index contributed by atoms with van der Waals surface area (Å²) in [6.45, 7) is 0. The maximum Gasteiger partial charge on any atom is 0.228 e. The van der Waals surface area contributed by atoms with E-state index in [4.69, 9.17) is 9.40 Å². The van der Waals surface area contributed by atoms with Crippen molar-refractivity contribution in [1.29, 1.82) is 0 Å².